The van der Waals surface area contributed by atoms with E-state index in [2.05, 4.69) is 9.88 Å². The van der Waals surface area contributed by atoms with Crippen LogP contribution in [0.25, 0.3) is 10.9 Å². The Hall–Kier alpha value is -3.19. The quantitative estimate of drug-likeness (QED) is 0.216. The van der Waals surface area contributed by atoms with Gasteiger partial charge in [-0.1, -0.05) is 35.3 Å². The average molecular weight is 579 g/mol. The highest BCUT2D eigenvalue weighted by atomic mass is 35.5. The number of hydrogen-bond donors (Lipinski definition) is 1. The molecule has 1 N–H and O–H groups in total. The predicted octanol–water partition coefficient (Wildman–Crippen LogP) is 7.88. The lowest BCUT2D eigenvalue weighted by molar-refractivity contribution is 0.135. The highest BCUT2D eigenvalue weighted by molar-refractivity contribution is 6.31. The van der Waals surface area contributed by atoms with Gasteiger partial charge in [0.2, 0.25) is 0 Å². The van der Waals surface area contributed by atoms with Crippen molar-refractivity contribution < 1.29 is 14.3 Å². The number of likely N-dealkylation sites (tertiary alicyclic amines) is 1. The number of amides is 1. The molecule has 2 aliphatic rings. The average Bonchev–Trinajstić information content (AvgIpc) is 3.62. The van der Waals surface area contributed by atoms with Crippen LogP contribution in [0.2, 0.25) is 10.0 Å². The SMILES string of the molecule is O=C(Oc1ccc(Cl)cc1)N1CCc2c([nH]c3ccc(Cl)cc23)C1c1ccc(OCCCCN2CCCC2)cc1. The number of hydrogen-bond acceptors (Lipinski definition) is 4. The second kappa shape index (κ2) is 12.1. The number of nitrogens with one attached hydrogen (secondary N) is 1. The molecule has 1 saturated heterocycles. The van der Waals surface area contributed by atoms with E-state index in [0.717, 1.165) is 47.3 Å². The highest BCUT2D eigenvalue weighted by Crippen LogP contribution is 2.40. The molecule has 1 amide bonds. The molecule has 0 bridgehead atoms. The molecular weight excluding hydrogens is 545 g/mol. The molecule has 4 aromatic rings. The standard InChI is InChI=1S/C32H33Cl2N3O3/c33-23-7-12-26(13-8-23)40-32(38)37-19-15-27-28-21-24(34)9-14-29(28)35-30(27)31(37)22-5-10-25(11-6-22)39-20-4-3-18-36-16-1-2-17-36/h5-14,21,31,35H,1-4,15-20H2. The topological polar surface area (TPSA) is 57.8 Å². The van der Waals surface area contributed by atoms with Crippen molar-refractivity contribution in [1.82, 2.24) is 14.8 Å². The van der Waals surface area contributed by atoms with Gasteiger partial charge in [0.05, 0.1) is 6.61 Å². The Labute approximate surface area is 244 Å². The maximum atomic E-state index is 13.5. The van der Waals surface area contributed by atoms with Gasteiger partial charge in [0, 0.05) is 33.2 Å². The molecule has 6 nitrogen and oxygen atoms in total. The van der Waals surface area contributed by atoms with E-state index in [1.165, 1.54) is 31.5 Å². The predicted molar refractivity (Wildman–Crippen MR) is 160 cm³/mol. The maximum Gasteiger partial charge on any atom is 0.416 e. The van der Waals surface area contributed by atoms with Crippen molar-refractivity contribution in [2.75, 3.05) is 32.8 Å². The number of H-pyrrole nitrogens is 1. The number of rotatable bonds is 8. The number of fused-ring (bicyclic) bond motifs is 3. The Bertz CT molecular complexity index is 1460. The second-order valence-corrected chi connectivity index (χ2v) is 11.4. The summed E-state index contributed by atoms with van der Waals surface area (Å²) in [5.74, 6) is 1.29. The van der Waals surface area contributed by atoms with Gasteiger partial charge in [0.15, 0.2) is 0 Å². The summed E-state index contributed by atoms with van der Waals surface area (Å²) < 4.78 is 11.8. The van der Waals surface area contributed by atoms with Gasteiger partial charge in [0.1, 0.15) is 17.5 Å². The number of carbonyl (C=O) groups excluding carboxylic acids is 1. The molecule has 1 aromatic heterocycles. The molecule has 0 saturated carbocycles. The van der Waals surface area contributed by atoms with Crippen LogP contribution in [-0.4, -0.2) is 53.7 Å². The fourth-order valence-electron chi connectivity index (χ4n) is 5.85. The van der Waals surface area contributed by atoms with Crippen LogP contribution in [0.4, 0.5) is 4.79 Å². The summed E-state index contributed by atoms with van der Waals surface area (Å²) in [4.78, 5) is 21.4. The van der Waals surface area contributed by atoms with E-state index in [4.69, 9.17) is 32.7 Å². The first-order chi connectivity index (χ1) is 19.5. The van der Waals surface area contributed by atoms with Crippen LogP contribution in [0.3, 0.4) is 0 Å². The first-order valence-electron chi connectivity index (χ1n) is 14.0. The minimum absolute atomic E-state index is 0.343. The lowest BCUT2D eigenvalue weighted by Gasteiger charge is -2.35. The van der Waals surface area contributed by atoms with Crippen LogP contribution in [0.1, 0.15) is 48.5 Å². The summed E-state index contributed by atoms with van der Waals surface area (Å²) in [5, 5.41) is 2.37. The normalized spacial score (nSPS) is 17.2. The van der Waals surface area contributed by atoms with E-state index >= 15 is 0 Å². The summed E-state index contributed by atoms with van der Waals surface area (Å²) >= 11 is 12.4. The van der Waals surface area contributed by atoms with Crippen LogP contribution in [-0.2, 0) is 6.42 Å². The number of halogens is 2. The minimum Gasteiger partial charge on any atom is -0.494 e. The van der Waals surface area contributed by atoms with E-state index in [9.17, 15) is 4.79 Å². The second-order valence-electron chi connectivity index (χ2n) is 10.5. The maximum absolute atomic E-state index is 13.5. The Morgan fingerprint density at radius 2 is 1.60 bits per heavy atom. The Morgan fingerprint density at radius 3 is 2.38 bits per heavy atom. The number of ether oxygens (including phenoxy) is 2. The summed E-state index contributed by atoms with van der Waals surface area (Å²) in [7, 11) is 0. The number of aromatic amines is 1. The molecule has 2 aliphatic heterocycles. The van der Waals surface area contributed by atoms with Crippen LogP contribution in [0.15, 0.2) is 66.7 Å². The van der Waals surface area contributed by atoms with Gasteiger partial charge in [-0.05, 0) is 117 Å². The lowest BCUT2D eigenvalue weighted by atomic mass is 9.92. The molecule has 0 radical (unpaired) electrons. The summed E-state index contributed by atoms with van der Waals surface area (Å²) in [5.41, 5.74) is 4.14. The van der Waals surface area contributed by atoms with E-state index < -0.39 is 6.09 Å². The molecule has 8 heteroatoms. The molecular formula is C32H33Cl2N3O3. The van der Waals surface area contributed by atoms with Crippen LogP contribution >= 0.6 is 23.2 Å². The molecule has 1 atom stereocenters. The van der Waals surface area contributed by atoms with Crippen molar-refractivity contribution in [3.63, 3.8) is 0 Å². The van der Waals surface area contributed by atoms with Gasteiger partial charge in [-0.3, -0.25) is 4.90 Å². The first-order valence-corrected chi connectivity index (χ1v) is 14.8. The Morgan fingerprint density at radius 1 is 0.875 bits per heavy atom. The Balaban J connectivity index is 1.21. The smallest absolute Gasteiger partial charge is 0.416 e. The van der Waals surface area contributed by atoms with Crippen molar-refractivity contribution in [3.8, 4) is 11.5 Å². The Kier molecular flexibility index (Phi) is 8.19. The monoisotopic (exact) mass is 577 g/mol. The third kappa shape index (κ3) is 5.95. The molecule has 1 fully saturated rings. The van der Waals surface area contributed by atoms with Crippen molar-refractivity contribution in [2.45, 2.75) is 38.1 Å². The molecule has 1 unspecified atom stereocenters. The van der Waals surface area contributed by atoms with Gasteiger partial charge in [-0.2, -0.15) is 0 Å². The first kappa shape index (κ1) is 27.0. The van der Waals surface area contributed by atoms with E-state index in [0.29, 0.717) is 35.4 Å². The van der Waals surface area contributed by atoms with Crippen molar-refractivity contribution in [1.29, 1.82) is 0 Å². The van der Waals surface area contributed by atoms with Crippen molar-refractivity contribution in [3.05, 3.63) is 93.6 Å². The fraction of sp³-hybridized carbons (Fsp3) is 0.344. The van der Waals surface area contributed by atoms with Crippen molar-refractivity contribution >= 4 is 40.2 Å². The minimum atomic E-state index is -0.409. The molecule has 6 rings (SSSR count). The summed E-state index contributed by atoms with van der Waals surface area (Å²) in [6, 6.07) is 20.4. The largest absolute Gasteiger partial charge is 0.494 e. The summed E-state index contributed by atoms with van der Waals surface area (Å²) in [6.07, 6.45) is 5.12. The van der Waals surface area contributed by atoms with E-state index in [1.807, 2.05) is 42.5 Å². The number of aromatic nitrogens is 1. The number of carbonyl (C=O) groups is 1. The fourth-order valence-corrected chi connectivity index (χ4v) is 6.14. The van der Waals surface area contributed by atoms with Gasteiger partial charge in [-0.25, -0.2) is 4.79 Å². The molecule has 0 spiro atoms. The van der Waals surface area contributed by atoms with E-state index in [1.54, 1.807) is 29.2 Å². The molecule has 0 aliphatic carbocycles. The molecule has 208 valence electrons. The molecule has 3 heterocycles. The van der Waals surface area contributed by atoms with Gasteiger partial charge in [-0.15, -0.1) is 0 Å². The zero-order valence-electron chi connectivity index (χ0n) is 22.4. The number of benzene rings is 3. The molecule has 40 heavy (non-hydrogen) atoms. The van der Waals surface area contributed by atoms with Crippen LogP contribution < -0.4 is 9.47 Å². The van der Waals surface area contributed by atoms with Gasteiger partial charge in [0.25, 0.3) is 0 Å². The van der Waals surface area contributed by atoms with E-state index in [-0.39, 0.29) is 6.04 Å². The third-order valence-electron chi connectivity index (χ3n) is 7.87. The summed E-state index contributed by atoms with van der Waals surface area (Å²) in [6.45, 7) is 4.84. The third-order valence-corrected chi connectivity index (χ3v) is 8.36. The van der Waals surface area contributed by atoms with Gasteiger partial charge < -0.3 is 19.4 Å². The highest BCUT2D eigenvalue weighted by Gasteiger charge is 2.35. The zero-order valence-corrected chi connectivity index (χ0v) is 23.9. The van der Waals surface area contributed by atoms with Crippen LogP contribution in [0.5, 0.6) is 11.5 Å². The molecule has 3 aromatic carbocycles. The zero-order chi connectivity index (χ0) is 27.5. The van der Waals surface area contributed by atoms with Gasteiger partial charge >= 0.3 is 6.09 Å². The number of nitrogens with zero attached hydrogens (tertiary/aromatic N) is 2. The van der Waals surface area contributed by atoms with Crippen LogP contribution in [0, 0.1) is 0 Å². The van der Waals surface area contributed by atoms with Crippen molar-refractivity contribution in [2.24, 2.45) is 0 Å². The number of unbranched alkanes of at least 4 members (excludes halogenated alkanes) is 1. The lowest BCUT2D eigenvalue weighted by Crippen LogP contribution is -2.42.